The number of carbonyl (C=O) groups is 1. The van der Waals surface area contributed by atoms with E-state index in [4.69, 9.17) is 14.2 Å². The van der Waals surface area contributed by atoms with Gasteiger partial charge < -0.3 is 19.5 Å². The molecule has 0 fully saturated rings. The first-order valence-electron chi connectivity index (χ1n) is 10.4. The number of benzene rings is 2. The van der Waals surface area contributed by atoms with E-state index in [-0.39, 0.29) is 18.4 Å². The van der Waals surface area contributed by atoms with Gasteiger partial charge in [0.25, 0.3) is 0 Å². The van der Waals surface area contributed by atoms with Crippen LogP contribution in [0, 0.1) is 6.92 Å². The number of anilines is 1. The van der Waals surface area contributed by atoms with E-state index in [9.17, 15) is 4.79 Å². The molecule has 0 bridgehead atoms. The second-order valence-corrected chi connectivity index (χ2v) is 8.52. The van der Waals surface area contributed by atoms with Crippen molar-refractivity contribution in [2.75, 3.05) is 11.9 Å². The van der Waals surface area contributed by atoms with Crippen LogP contribution in [0.2, 0.25) is 0 Å². The van der Waals surface area contributed by atoms with Crippen molar-refractivity contribution in [1.29, 1.82) is 0 Å². The fraction of sp³-hybridized carbons (Fsp3) is 0.333. The normalized spacial score (nSPS) is 14.6. The molecule has 162 valence electrons. The predicted molar refractivity (Wildman–Crippen MR) is 121 cm³/mol. The Hall–Kier alpha value is -3.06. The number of nitrogens with one attached hydrogen (secondary N) is 1. The fourth-order valence-electron chi connectivity index (χ4n) is 3.45. The highest BCUT2D eigenvalue weighted by molar-refractivity contribution is 7.09. The number of hydrogen-bond acceptors (Lipinski definition) is 6. The van der Waals surface area contributed by atoms with Crippen molar-refractivity contribution < 1.29 is 19.0 Å². The lowest BCUT2D eigenvalue weighted by atomic mass is 10.1. The van der Waals surface area contributed by atoms with Crippen LogP contribution in [-0.4, -0.2) is 23.6 Å². The van der Waals surface area contributed by atoms with Crippen molar-refractivity contribution in [3.63, 3.8) is 0 Å². The Morgan fingerprint density at radius 1 is 1.26 bits per heavy atom. The van der Waals surface area contributed by atoms with Crippen LogP contribution in [0.3, 0.4) is 0 Å². The number of hydrogen-bond donors (Lipinski definition) is 1. The van der Waals surface area contributed by atoms with Gasteiger partial charge in [0.05, 0.1) is 24.4 Å². The zero-order chi connectivity index (χ0) is 21.8. The zero-order valence-electron chi connectivity index (χ0n) is 17.9. The topological polar surface area (TPSA) is 69.7 Å². The van der Waals surface area contributed by atoms with Crippen LogP contribution in [0.25, 0.3) is 0 Å². The molecule has 1 aliphatic heterocycles. The molecule has 0 saturated heterocycles. The summed E-state index contributed by atoms with van der Waals surface area (Å²) in [5.74, 6) is 2.12. The van der Waals surface area contributed by atoms with Crippen LogP contribution in [0.5, 0.6) is 17.2 Å². The van der Waals surface area contributed by atoms with Gasteiger partial charge in [0.2, 0.25) is 5.91 Å². The van der Waals surface area contributed by atoms with Gasteiger partial charge in [0.15, 0.2) is 0 Å². The lowest BCUT2D eigenvalue weighted by molar-refractivity contribution is -0.115. The van der Waals surface area contributed by atoms with Crippen LogP contribution in [0.15, 0.2) is 41.8 Å². The summed E-state index contributed by atoms with van der Waals surface area (Å²) < 4.78 is 17.3. The number of carbonyl (C=O) groups excluding carboxylic acids is 1. The van der Waals surface area contributed by atoms with Gasteiger partial charge in [0, 0.05) is 23.4 Å². The average Bonchev–Trinajstić information content (AvgIpc) is 3.33. The first kappa shape index (κ1) is 21.2. The maximum atomic E-state index is 12.6. The molecule has 0 spiro atoms. The molecule has 1 atom stereocenters. The number of aromatic nitrogens is 1. The van der Waals surface area contributed by atoms with Crippen LogP contribution in [-0.2, 0) is 24.2 Å². The number of rotatable bonds is 8. The van der Waals surface area contributed by atoms with E-state index in [2.05, 4.69) is 10.3 Å². The van der Waals surface area contributed by atoms with E-state index < -0.39 is 0 Å². The lowest BCUT2D eigenvalue weighted by Crippen LogP contribution is -2.15. The molecule has 7 heteroatoms. The Morgan fingerprint density at radius 2 is 2.06 bits per heavy atom. The Labute approximate surface area is 186 Å². The van der Waals surface area contributed by atoms with E-state index >= 15 is 0 Å². The Balaban J connectivity index is 1.37. The molecule has 1 amide bonds. The standard InChI is InChI=1S/C24H26N2O4S/c1-4-28-22-10-17-9-16(3)30-21(17)12-20(22)26-23(27)11-18-14-31-24(25-18)13-29-19-7-5-15(2)6-8-19/h5-8,10,12,14,16H,4,9,11,13H2,1-3H3,(H,26,27). The number of fused-ring (bicyclic) bond motifs is 1. The minimum atomic E-state index is -0.150. The summed E-state index contributed by atoms with van der Waals surface area (Å²) in [5, 5.41) is 5.68. The fourth-order valence-corrected chi connectivity index (χ4v) is 4.15. The van der Waals surface area contributed by atoms with Crippen LogP contribution < -0.4 is 19.5 Å². The molecule has 1 unspecified atom stereocenters. The van der Waals surface area contributed by atoms with E-state index in [0.29, 0.717) is 30.3 Å². The molecule has 4 rings (SSSR count). The molecule has 2 heterocycles. The van der Waals surface area contributed by atoms with E-state index in [1.165, 1.54) is 16.9 Å². The number of thiazole rings is 1. The monoisotopic (exact) mass is 438 g/mol. The quantitative estimate of drug-likeness (QED) is 0.540. The highest BCUT2D eigenvalue weighted by Crippen LogP contribution is 2.38. The summed E-state index contributed by atoms with van der Waals surface area (Å²) in [6, 6.07) is 11.7. The lowest BCUT2D eigenvalue weighted by Gasteiger charge is -2.13. The van der Waals surface area contributed by atoms with Crippen LogP contribution >= 0.6 is 11.3 Å². The SMILES string of the molecule is CCOc1cc2c(cc1NC(=O)Cc1csc(COc3ccc(C)cc3)n1)OC(C)C2. The molecule has 0 radical (unpaired) electrons. The number of nitrogens with zero attached hydrogens (tertiary/aromatic N) is 1. The Morgan fingerprint density at radius 3 is 2.84 bits per heavy atom. The summed E-state index contributed by atoms with van der Waals surface area (Å²) >= 11 is 1.49. The van der Waals surface area contributed by atoms with Crippen molar-refractivity contribution in [1.82, 2.24) is 4.98 Å². The third kappa shape index (κ3) is 5.35. The Kier molecular flexibility index (Phi) is 6.42. The van der Waals surface area contributed by atoms with Crippen molar-refractivity contribution in [2.45, 2.75) is 46.3 Å². The molecule has 0 saturated carbocycles. The van der Waals surface area contributed by atoms with Gasteiger partial charge in [0.1, 0.15) is 35.0 Å². The minimum absolute atomic E-state index is 0.131. The van der Waals surface area contributed by atoms with Gasteiger partial charge in [-0.1, -0.05) is 17.7 Å². The molecule has 1 aliphatic rings. The molecule has 0 aliphatic carbocycles. The molecule has 31 heavy (non-hydrogen) atoms. The van der Waals surface area contributed by atoms with Gasteiger partial charge >= 0.3 is 0 Å². The largest absolute Gasteiger partial charge is 0.492 e. The summed E-state index contributed by atoms with van der Waals surface area (Å²) in [4.78, 5) is 17.2. The van der Waals surface area contributed by atoms with E-state index in [1.807, 2.05) is 62.5 Å². The molecule has 1 aromatic heterocycles. The molecule has 6 nitrogen and oxygen atoms in total. The second-order valence-electron chi connectivity index (χ2n) is 7.58. The van der Waals surface area contributed by atoms with Crippen molar-refractivity contribution in [2.24, 2.45) is 0 Å². The van der Waals surface area contributed by atoms with Crippen molar-refractivity contribution in [3.8, 4) is 17.2 Å². The van der Waals surface area contributed by atoms with E-state index in [1.54, 1.807) is 0 Å². The summed E-state index contributed by atoms with van der Waals surface area (Å²) in [6.45, 7) is 6.89. The summed E-state index contributed by atoms with van der Waals surface area (Å²) in [7, 11) is 0. The minimum Gasteiger partial charge on any atom is -0.492 e. The second kappa shape index (κ2) is 9.39. The maximum absolute atomic E-state index is 12.6. The van der Waals surface area contributed by atoms with Crippen molar-refractivity contribution in [3.05, 3.63) is 63.6 Å². The number of ether oxygens (including phenoxy) is 3. The van der Waals surface area contributed by atoms with E-state index in [0.717, 1.165) is 28.5 Å². The van der Waals surface area contributed by atoms with Crippen LogP contribution in [0.1, 0.15) is 35.7 Å². The highest BCUT2D eigenvalue weighted by Gasteiger charge is 2.22. The van der Waals surface area contributed by atoms with Gasteiger partial charge in [-0.05, 0) is 39.0 Å². The van der Waals surface area contributed by atoms with Gasteiger partial charge in [-0.25, -0.2) is 4.98 Å². The zero-order valence-corrected chi connectivity index (χ0v) is 18.8. The highest BCUT2D eigenvalue weighted by atomic mass is 32.1. The van der Waals surface area contributed by atoms with Gasteiger partial charge in [-0.15, -0.1) is 11.3 Å². The number of aryl methyl sites for hydroxylation is 1. The maximum Gasteiger partial charge on any atom is 0.230 e. The average molecular weight is 439 g/mol. The third-order valence-corrected chi connectivity index (χ3v) is 5.77. The molecular formula is C24H26N2O4S. The first-order valence-corrected chi connectivity index (χ1v) is 11.3. The van der Waals surface area contributed by atoms with Crippen molar-refractivity contribution >= 4 is 22.9 Å². The smallest absolute Gasteiger partial charge is 0.230 e. The molecular weight excluding hydrogens is 412 g/mol. The first-order chi connectivity index (χ1) is 15.0. The summed E-state index contributed by atoms with van der Waals surface area (Å²) in [5.41, 5.74) is 3.63. The number of amides is 1. The predicted octanol–water partition coefficient (Wildman–Crippen LogP) is 4.93. The van der Waals surface area contributed by atoms with Crippen LogP contribution in [0.4, 0.5) is 5.69 Å². The van der Waals surface area contributed by atoms with Gasteiger partial charge in [-0.2, -0.15) is 0 Å². The molecule has 1 N–H and O–H groups in total. The molecule has 2 aromatic carbocycles. The molecule has 3 aromatic rings. The third-order valence-electron chi connectivity index (χ3n) is 4.90. The Bertz CT molecular complexity index is 1060. The summed E-state index contributed by atoms with van der Waals surface area (Å²) in [6.07, 6.45) is 1.16. The van der Waals surface area contributed by atoms with Gasteiger partial charge in [-0.3, -0.25) is 4.79 Å².